The summed E-state index contributed by atoms with van der Waals surface area (Å²) in [5.41, 5.74) is 0.302. The summed E-state index contributed by atoms with van der Waals surface area (Å²) in [5.74, 6) is -0.432. The van der Waals surface area contributed by atoms with E-state index in [1.807, 2.05) is 0 Å². The lowest BCUT2D eigenvalue weighted by atomic mass is 10.2. The first-order valence-electron chi connectivity index (χ1n) is 8.61. The number of hydrogen-bond donors (Lipinski definition) is 2. The molecule has 2 N–H and O–H groups in total. The Balaban J connectivity index is 2.35. The molecule has 0 aromatic heterocycles. The molecule has 1 amide bonds. The number of carbonyl (C=O) groups excluding carboxylic acids is 1. The number of nitrogens with zero attached hydrogens (tertiary/aromatic N) is 1. The van der Waals surface area contributed by atoms with Gasteiger partial charge < -0.3 is 5.32 Å². The zero-order valence-electron chi connectivity index (χ0n) is 15.8. The molecule has 2 aromatic carbocycles. The minimum Gasteiger partial charge on any atom is -0.355 e. The largest absolute Gasteiger partial charge is 0.355 e. The monoisotopic (exact) mass is 425 g/mol. The van der Waals surface area contributed by atoms with E-state index in [1.54, 1.807) is 26.0 Å². The predicted octanol–water partition coefficient (Wildman–Crippen LogP) is 1.88. The van der Waals surface area contributed by atoms with Crippen LogP contribution in [0.5, 0.6) is 0 Å². The molecule has 0 fully saturated rings. The van der Waals surface area contributed by atoms with Crippen LogP contribution in [0, 0.1) is 0 Å². The third-order valence-electron chi connectivity index (χ3n) is 4.12. The van der Waals surface area contributed by atoms with Crippen molar-refractivity contribution in [1.29, 1.82) is 0 Å². The third-order valence-corrected chi connectivity index (χ3v) is 7.57. The van der Waals surface area contributed by atoms with Crippen LogP contribution >= 0.6 is 0 Å². The van der Waals surface area contributed by atoms with Gasteiger partial charge in [-0.2, -0.15) is 4.31 Å². The van der Waals surface area contributed by atoms with Crippen LogP contribution in [0.1, 0.15) is 24.2 Å². The van der Waals surface area contributed by atoms with Crippen molar-refractivity contribution in [2.24, 2.45) is 0 Å². The lowest BCUT2D eigenvalue weighted by Gasteiger charge is -2.18. The summed E-state index contributed by atoms with van der Waals surface area (Å²) in [6.07, 6.45) is 0. The molecule has 0 atom stereocenters. The number of hydrogen-bond acceptors (Lipinski definition) is 5. The lowest BCUT2D eigenvalue weighted by molar-refractivity contribution is 0.0964. The SMILES string of the molecule is CCN(CC)S(=O)(=O)c1ccc(S(=O)(=O)Nc2ccccc2C(=O)NC)cc1. The number of anilines is 1. The molecule has 0 aliphatic heterocycles. The maximum atomic E-state index is 12.7. The van der Waals surface area contributed by atoms with Gasteiger partial charge in [0.05, 0.1) is 21.0 Å². The van der Waals surface area contributed by atoms with Crippen LogP contribution in [0.4, 0.5) is 5.69 Å². The highest BCUT2D eigenvalue weighted by molar-refractivity contribution is 7.92. The van der Waals surface area contributed by atoms with Gasteiger partial charge in [0.25, 0.3) is 15.9 Å². The second-order valence-electron chi connectivity index (χ2n) is 5.79. The van der Waals surface area contributed by atoms with Gasteiger partial charge in [0.15, 0.2) is 0 Å². The molecular weight excluding hydrogens is 402 g/mol. The van der Waals surface area contributed by atoms with E-state index in [9.17, 15) is 21.6 Å². The van der Waals surface area contributed by atoms with Crippen molar-refractivity contribution in [3.05, 3.63) is 54.1 Å². The molecule has 152 valence electrons. The molecule has 0 radical (unpaired) electrons. The zero-order valence-corrected chi connectivity index (χ0v) is 17.5. The van der Waals surface area contributed by atoms with E-state index < -0.39 is 26.0 Å². The van der Waals surface area contributed by atoms with Crippen molar-refractivity contribution in [3.8, 4) is 0 Å². The van der Waals surface area contributed by atoms with Crippen LogP contribution in [0.3, 0.4) is 0 Å². The molecule has 2 rings (SSSR count). The third kappa shape index (κ3) is 4.51. The van der Waals surface area contributed by atoms with E-state index in [-0.39, 0.29) is 21.0 Å². The van der Waals surface area contributed by atoms with Gasteiger partial charge in [0, 0.05) is 20.1 Å². The highest BCUT2D eigenvalue weighted by atomic mass is 32.2. The van der Waals surface area contributed by atoms with Crippen LogP contribution in [0.15, 0.2) is 58.3 Å². The molecule has 0 unspecified atom stereocenters. The van der Waals surface area contributed by atoms with Crippen molar-refractivity contribution in [3.63, 3.8) is 0 Å². The highest BCUT2D eigenvalue weighted by Gasteiger charge is 2.23. The predicted molar refractivity (Wildman–Crippen MR) is 107 cm³/mol. The van der Waals surface area contributed by atoms with Crippen molar-refractivity contribution >= 4 is 31.6 Å². The minimum atomic E-state index is -4.01. The van der Waals surface area contributed by atoms with Gasteiger partial charge in [0.2, 0.25) is 10.0 Å². The Kier molecular flexibility index (Phi) is 6.81. The average Bonchev–Trinajstić information content (AvgIpc) is 2.68. The smallest absolute Gasteiger partial charge is 0.261 e. The van der Waals surface area contributed by atoms with Crippen molar-refractivity contribution in [2.45, 2.75) is 23.6 Å². The molecule has 0 aliphatic carbocycles. The zero-order chi connectivity index (χ0) is 20.9. The second-order valence-corrected chi connectivity index (χ2v) is 9.41. The van der Waals surface area contributed by atoms with Crippen molar-refractivity contribution in [2.75, 3.05) is 24.9 Å². The van der Waals surface area contributed by atoms with E-state index in [2.05, 4.69) is 10.0 Å². The Labute approximate surface area is 165 Å². The Morgan fingerprint density at radius 1 is 0.893 bits per heavy atom. The maximum absolute atomic E-state index is 12.7. The standard InChI is InChI=1S/C18H23N3O5S2/c1-4-21(5-2)28(25,26)15-12-10-14(11-13-15)27(23,24)20-17-9-7-6-8-16(17)18(22)19-3/h6-13,20H,4-5H2,1-3H3,(H,19,22). The lowest BCUT2D eigenvalue weighted by Crippen LogP contribution is -2.30. The molecule has 0 spiro atoms. The fourth-order valence-corrected chi connectivity index (χ4v) is 5.15. The first-order chi connectivity index (χ1) is 13.2. The number of rotatable bonds is 8. The molecule has 0 saturated heterocycles. The van der Waals surface area contributed by atoms with Crippen molar-refractivity contribution in [1.82, 2.24) is 9.62 Å². The summed E-state index contributed by atoms with van der Waals surface area (Å²) >= 11 is 0. The topological polar surface area (TPSA) is 113 Å². The van der Waals surface area contributed by atoms with Gasteiger partial charge in [-0.1, -0.05) is 26.0 Å². The van der Waals surface area contributed by atoms with Crippen LogP contribution in [0.2, 0.25) is 0 Å². The van der Waals surface area contributed by atoms with E-state index in [0.29, 0.717) is 13.1 Å². The molecular formula is C18H23N3O5S2. The summed E-state index contributed by atoms with van der Waals surface area (Å²) in [6.45, 7) is 4.09. The van der Waals surface area contributed by atoms with Gasteiger partial charge in [-0.25, -0.2) is 16.8 Å². The van der Waals surface area contributed by atoms with E-state index in [1.165, 1.54) is 47.8 Å². The first kappa shape index (κ1) is 21.9. The molecule has 0 heterocycles. The normalized spacial score (nSPS) is 12.0. The van der Waals surface area contributed by atoms with Crippen LogP contribution in [-0.2, 0) is 20.0 Å². The Bertz CT molecular complexity index is 1040. The van der Waals surface area contributed by atoms with Crippen LogP contribution in [-0.4, -0.2) is 47.2 Å². The van der Waals surface area contributed by atoms with E-state index in [4.69, 9.17) is 0 Å². The number of amides is 1. The first-order valence-corrected chi connectivity index (χ1v) is 11.5. The van der Waals surface area contributed by atoms with Gasteiger partial charge in [-0.05, 0) is 36.4 Å². The summed E-state index contributed by atoms with van der Waals surface area (Å²) in [5, 5.41) is 2.45. The molecule has 2 aromatic rings. The number of sulfonamides is 2. The Morgan fingerprint density at radius 2 is 1.43 bits per heavy atom. The number of para-hydroxylation sites is 1. The molecule has 10 heteroatoms. The van der Waals surface area contributed by atoms with Gasteiger partial charge in [-0.15, -0.1) is 0 Å². The highest BCUT2D eigenvalue weighted by Crippen LogP contribution is 2.22. The molecule has 0 saturated carbocycles. The van der Waals surface area contributed by atoms with Gasteiger partial charge in [0.1, 0.15) is 0 Å². The number of nitrogens with one attached hydrogen (secondary N) is 2. The fourth-order valence-electron chi connectivity index (χ4n) is 2.61. The molecule has 28 heavy (non-hydrogen) atoms. The summed E-state index contributed by atoms with van der Waals surface area (Å²) in [4.78, 5) is 11.8. The minimum absolute atomic E-state index is 0.0147. The van der Waals surface area contributed by atoms with Gasteiger partial charge in [-0.3, -0.25) is 9.52 Å². The molecule has 0 bridgehead atoms. The fraction of sp³-hybridized carbons (Fsp3) is 0.278. The van der Waals surface area contributed by atoms with E-state index in [0.717, 1.165) is 0 Å². The number of carbonyl (C=O) groups is 1. The average molecular weight is 426 g/mol. The Morgan fingerprint density at radius 3 is 1.96 bits per heavy atom. The quantitative estimate of drug-likeness (QED) is 0.670. The maximum Gasteiger partial charge on any atom is 0.261 e. The van der Waals surface area contributed by atoms with Crippen LogP contribution < -0.4 is 10.0 Å². The van der Waals surface area contributed by atoms with Crippen molar-refractivity contribution < 1.29 is 21.6 Å². The summed E-state index contributed by atoms with van der Waals surface area (Å²) < 4.78 is 54.0. The summed E-state index contributed by atoms with van der Waals surface area (Å²) in [7, 11) is -6.24. The van der Waals surface area contributed by atoms with Gasteiger partial charge >= 0.3 is 0 Å². The molecule has 0 aliphatic rings. The van der Waals surface area contributed by atoms with Crippen LogP contribution in [0.25, 0.3) is 0 Å². The molecule has 8 nitrogen and oxygen atoms in total. The van der Waals surface area contributed by atoms with E-state index >= 15 is 0 Å². The number of benzene rings is 2. The second kappa shape index (κ2) is 8.72. The summed E-state index contributed by atoms with van der Waals surface area (Å²) in [6, 6.07) is 11.2. The Hall–Kier alpha value is -2.43.